The smallest absolute Gasteiger partial charge is 0.216 e. The molecular weight excluding hydrogens is 347 g/mol. The minimum atomic E-state index is -2.24. The van der Waals surface area contributed by atoms with Gasteiger partial charge >= 0.3 is 0 Å². The minimum Gasteiger partial charge on any atom is -0.287 e. The summed E-state index contributed by atoms with van der Waals surface area (Å²) in [6, 6.07) is 1.24. The molecule has 0 fully saturated rings. The second-order valence-electron chi connectivity index (χ2n) is 4.90. The summed E-state index contributed by atoms with van der Waals surface area (Å²) >= 11 is 0. The van der Waals surface area contributed by atoms with E-state index in [2.05, 4.69) is 15.1 Å². The molecule has 25 heavy (non-hydrogen) atoms. The molecule has 0 aliphatic heterocycles. The predicted molar refractivity (Wildman–Crippen MR) is 73.0 cm³/mol. The van der Waals surface area contributed by atoms with E-state index in [-0.39, 0.29) is 11.3 Å². The van der Waals surface area contributed by atoms with E-state index in [4.69, 9.17) is 0 Å². The molecule has 0 atom stereocenters. The summed E-state index contributed by atoms with van der Waals surface area (Å²) < 4.78 is 67.7. The molecule has 2 heterocycles. The summed E-state index contributed by atoms with van der Waals surface area (Å²) in [5.41, 5.74) is -1.02. The van der Waals surface area contributed by atoms with Gasteiger partial charge in [0.15, 0.2) is 23.3 Å². The number of ketones is 1. The highest BCUT2D eigenvalue weighted by Crippen LogP contribution is 2.23. The normalized spacial score (nSPS) is 10.9. The van der Waals surface area contributed by atoms with E-state index >= 15 is 0 Å². The lowest BCUT2D eigenvalue weighted by atomic mass is 10.1. The fourth-order valence-corrected chi connectivity index (χ4v) is 2.09. The average Bonchev–Trinajstić information content (AvgIpc) is 3.10. The van der Waals surface area contributed by atoms with Gasteiger partial charge in [-0.2, -0.15) is 5.10 Å². The number of carbonyl (C=O) groups excluding carboxylic acids is 1. The Labute approximate surface area is 136 Å². The first kappa shape index (κ1) is 16.7. The Hall–Kier alpha value is -3.17. The van der Waals surface area contributed by atoms with E-state index < -0.39 is 47.0 Å². The first-order chi connectivity index (χ1) is 11.9. The standard InChI is InChI=1S/C15H7F5N4O/c16-10-8(11(17)13(19)14(20)12(10)18)5-24-2-1-9(23-24)15(25)7-3-21-6-22-4-7/h1-4,6H,5H2. The summed E-state index contributed by atoms with van der Waals surface area (Å²) in [5.74, 6) is -10.8. The second kappa shape index (κ2) is 6.38. The van der Waals surface area contributed by atoms with Crippen molar-refractivity contribution in [3.63, 3.8) is 0 Å². The zero-order valence-corrected chi connectivity index (χ0v) is 12.2. The molecule has 0 N–H and O–H groups in total. The minimum absolute atomic E-state index is 0.0985. The van der Waals surface area contributed by atoms with Crippen LogP contribution in [0, 0.1) is 29.1 Å². The highest BCUT2D eigenvalue weighted by atomic mass is 19.2. The van der Waals surface area contributed by atoms with Crippen LogP contribution in [0.3, 0.4) is 0 Å². The van der Waals surface area contributed by atoms with Gasteiger partial charge in [0, 0.05) is 18.6 Å². The SMILES string of the molecule is O=C(c1cncnc1)c1ccn(Cc2c(F)c(F)c(F)c(F)c2F)n1. The van der Waals surface area contributed by atoms with Crippen molar-refractivity contribution < 1.29 is 26.7 Å². The predicted octanol–water partition coefficient (Wildman–Crippen LogP) is 2.65. The van der Waals surface area contributed by atoms with Crippen molar-refractivity contribution in [3.8, 4) is 0 Å². The van der Waals surface area contributed by atoms with Gasteiger partial charge in [0.1, 0.15) is 12.0 Å². The molecule has 0 radical (unpaired) electrons. The van der Waals surface area contributed by atoms with Gasteiger partial charge in [0.05, 0.1) is 17.7 Å². The first-order valence-electron chi connectivity index (χ1n) is 6.73. The van der Waals surface area contributed by atoms with Gasteiger partial charge in [-0.15, -0.1) is 0 Å². The molecule has 0 unspecified atom stereocenters. The fourth-order valence-electron chi connectivity index (χ4n) is 2.09. The van der Waals surface area contributed by atoms with Crippen LogP contribution in [0.25, 0.3) is 0 Å². The van der Waals surface area contributed by atoms with Gasteiger partial charge in [-0.05, 0) is 6.07 Å². The van der Waals surface area contributed by atoms with Gasteiger partial charge in [0.25, 0.3) is 0 Å². The molecule has 0 bridgehead atoms. The molecule has 0 amide bonds. The van der Waals surface area contributed by atoms with Crippen LogP contribution in [-0.2, 0) is 6.54 Å². The number of nitrogens with zero attached hydrogens (tertiary/aromatic N) is 4. The van der Waals surface area contributed by atoms with E-state index in [0.717, 1.165) is 4.68 Å². The molecule has 128 valence electrons. The molecule has 0 saturated carbocycles. The maximum Gasteiger partial charge on any atom is 0.216 e. The van der Waals surface area contributed by atoms with Crippen molar-refractivity contribution >= 4 is 5.78 Å². The quantitative estimate of drug-likeness (QED) is 0.313. The van der Waals surface area contributed by atoms with Crippen LogP contribution < -0.4 is 0 Å². The van der Waals surface area contributed by atoms with Crippen molar-refractivity contribution in [2.24, 2.45) is 0 Å². The fraction of sp³-hybridized carbons (Fsp3) is 0.0667. The van der Waals surface area contributed by atoms with Gasteiger partial charge in [-0.1, -0.05) is 0 Å². The Bertz CT molecular complexity index is 929. The number of hydrogen-bond acceptors (Lipinski definition) is 4. The molecule has 3 rings (SSSR count). The largest absolute Gasteiger partial charge is 0.287 e. The molecular formula is C15H7F5N4O. The highest BCUT2D eigenvalue weighted by molar-refractivity contribution is 6.07. The molecule has 0 saturated heterocycles. The lowest BCUT2D eigenvalue weighted by Crippen LogP contribution is -2.12. The Morgan fingerprint density at radius 3 is 2.08 bits per heavy atom. The van der Waals surface area contributed by atoms with Gasteiger partial charge < -0.3 is 0 Å². The van der Waals surface area contributed by atoms with Crippen molar-refractivity contribution in [1.29, 1.82) is 0 Å². The van der Waals surface area contributed by atoms with E-state index in [9.17, 15) is 26.7 Å². The monoisotopic (exact) mass is 354 g/mol. The summed E-state index contributed by atoms with van der Waals surface area (Å²) in [6.07, 6.45) is 4.89. The number of hydrogen-bond donors (Lipinski definition) is 0. The lowest BCUT2D eigenvalue weighted by molar-refractivity contribution is 0.103. The van der Waals surface area contributed by atoms with Gasteiger partial charge in [0.2, 0.25) is 11.6 Å². The molecule has 0 aliphatic rings. The third kappa shape index (κ3) is 2.97. The molecule has 3 aromatic rings. The Balaban J connectivity index is 1.92. The molecule has 0 spiro atoms. The summed E-state index contributed by atoms with van der Waals surface area (Å²) in [6.45, 7) is -0.746. The maximum atomic E-state index is 13.7. The van der Waals surface area contributed by atoms with Crippen molar-refractivity contribution in [2.75, 3.05) is 0 Å². The Kier molecular flexibility index (Phi) is 4.26. The van der Waals surface area contributed by atoms with E-state index in [1.54, 1.807) is 0 Å². The number of halogens is 5. The van der Waals surface area contributed by atoms with Crippen LogP contribution in [0.1, 0.15) is 21.6 Å². The van der Waals surface area contributed by atoms with Gasteiger partial charge in [-0.25, -0.2) is 31.9 Å². The zero-order chi connectivity index (χ0) is 18.1. The number of aromatic nitrogens is 4. The van der Waals surface area contributed by atoms with Crippen LogP contribution in [-0.4, -0.2) is 25.5 Å². The van der Waals surface area contributed by atoms with Crippen molar-refractivity contribution in [3.05, 3.63) is 76.9 Å². The van der Waals surface area contributed by atoms with Gasteiger partial charge in [-0.3, -0.25) is 9.48 Å². The van der Waals surface area contributed by atoms with Crippen LogP contribution in [0.2, 0.25) is 0 Å². The van der Waals surface area contributed by atoms with E-state index in [1.165, 1.54) is 31.0 Å². The summed E-state index contributed by atoms with van der Waals surface area (Å²) in [7, 11) is 0. The number of benzene rings is 1. The van der Waals surface area contributed by atoms with E-state index in [0.29, 0.717) is 0 Å². The zero-order valence-electron chi connectivity index (χ0n) is 12.2. The topological polar surface area (TPSA) is 60.7 Å². The Morgan fingerprint density at radius 1 is 0.920 bits per heavy atom. The van der Waals surface area contributed by atoms with Crippen molar-refractivity contribution in [1.82, 2.24) is 19.7 Å². The average molecular weight is 354 g/mol. The lowest BCUT2D eigenvalue weighted by Gasteiger charge is -2.08. The molecule has 5 nitrogen and oxygen atoms in total. The third-order valence-corrected chi connectivity index (χ3v) is 3.32. The number of carbonyl (C=O) groups is 1. The van der Waals surface area contributed by atoms with E-state index in [1.807, 2.05) is 0 Å². The summed E-state index contributed by atoms with van der Waals surface area (Å²) in [5, 5.41) is 3.79. The molecule has 1 aromatic carbocycles. The second-order valence-corrected chi connectivity index (χ2v) is 4.90. The third-order valence-electron chi connectivity index (χ3n) is 3.32. The van der Waals surface area contributed by atoms with Crippen LogP contribution in [0.4, 0.5) is 22.0 Å². The van der Waals surface area contributed by atoms with Crippen LogP contribution in [0.15, 0.2) is 31.0 Å². The van der Waals surface area contributed by atoms with Crippen molar-refractivity contribution in [2.45, 2.75) is 6.54 Å². The first-order valence-corrected chi connectivity index (χ1v) is 6.73. The maximum absolute atomic E-state index is 13.7. The van der Waals surface area contributed by atoms with Crippen LogP contribution in [0.5, 0.6) is 0 Å². The molecule has 0 aliphatic carbocycles. The highest BCUT2D eigenvalue weighted by Gasteiger charge is 2.26. The summed E-state index contributed by atoms with van der Waals surface area (Å²) in [4.78, 5) is 19.5. The Morgan fingerprint density at radius 2 is 1.48 bits per heavy atom. The van der Waals surface area contributed by atoms with Crippen LogP contribution >= 0.6 is 0 Å². The number of rotatable bonds is 4. The molecule has 2 aromatic heterocycles. The molecule has 10 heteroatoms.